The van der Waals surface area contributed by atoms with E-state index in [0.717, 1.165) is 19.3 Å². The number of aliphatic hydroxyl groups is 6. The van der Waals surface area contributed by atoms with Gasteiger partial charge < -0.3 is 44.8 Å². The normalized spacial score (nSPS) is 29.2. The van der Waals surface area contributed by atoms with Gasteiger partial charge in [-0.3, -0.25) is 0 Å². The van der Waals surface area contributed by atoms with E-state index in [0.29, 0.717) is 28.6 Å². The molecule has 1 heterocycles. The fourth-order valence-electron chi connectivity index (χ4n) is 6.59. The van der Waals surface area contributed by atoms with Gasteiger partial charge in [0.1, 0.15) is 24.4 Å². The van der Waals surface area contributed by atoms with E-state index in [-0.39, 0.29) is 23.7 Å². The summed E-state index contributed by atoms with van der Waals surface area (Å²) < 4.78 is 16.8. The summed E-state index contributed by atoms with van der Waals surface area (Å²) in [5.41, 5.74) is 1.78. The molecule has 0 aromatic heterocycles. The Morgan fingerprint density at radius 3 is 1.80 bits per heavy atom. The van der Waals surface area contributed by atoms with Gasteiger partial charge in [0.25, 0.3) is 0 Å². The maximum absolute atomic E-state index is 11.8. The molecule has 1 aliphatic heterocycles. The molecular weight excluding hydrogens is 592 g/mol. The van der Waals surface area contributed by atoms with Crippen molar-refractivity contribution in [1.82, 2.24) is 0 Å². The molecule has 46 heavy (non-hydrogen) atoms. The van der Waals surface area contributed by atoms with Crippen molar-refractivity contribution in [3.05, 3.63) is 34.9 Å². The van der Waals surface area contributed by atoms with Gasteiger partial charge in [-0.2, -0.15) is 0 Å². The summed E-state index contributed by atoms with van der Waals surface area (Å²) >= 11 is 0. The van der Waals surface area contributed by atoms with Gasteiger partial charge in [0.15, 0.2) is 6.29 Å². The van der Waals surface area contributed by atoms with Crippen LogP contribution in [0.4, 0.5) is 0 Å². The first-order valence-electron chi connectivity index (χ1n) is 16.8. The summed E-state index contributed by atoms with van der Waals surface area (Å²) in [5.74, 6) is -0.402. The predicted molar refractivity (Wildman–Crippen MR) is 178 cm³/mol. The molecule has 0 radical (unpaired) electrons. The van der Waals surface area contributed by atoms with Crippen molar-refractivity contribution in [3.63, 3.8) is 0 Å². The molecule has 1 saturated heterocycles. The minimum Gasteiger partial charge on any atom is -0.466 e. The summed E-state index contributed by atoms with van der Waals surface area (Å²) in [6.07, 6.45) is -0.652. The molecule has 0 bridgehead atoms. The van der Waals surface area contributed by atoms with Gasteiger partial charge in [0.05, 0.1) is 32.0 Å². The van der Waals surface area contributed by atoms with Crippen molar-refractivity contribution < 1.29 is 49.6 Å². The molecule has 1 fully saturated rings. The first kappa shape index (κ1) is 42.4. The van der Waals surface area contributed by atoms with Gasteiger partial charge in [-0.25, -0.2) is 4.79 Å². The van der Waals surface area contributed by atoms with Gasteiger partial charge in [-0.1, -0.05) is 73.1 Å². The van der Waals surface area contributed by atoms with Crippen molar-refractivity contribution in [2.75, 3.05) is 13.7 Å². The van der Waals surface area contributed by atoms with Crippen LogP contribution in [0.1, 0.15) is 88.5 Å². The van der Waals surface area contributed by atoms with Gasteiger partial charge in [-0.05, 0) is 62.5 Å². The zero-order chi connectivity index (χ0) is 35.5. The zero-order valence-electron chi connectivity index (χ0n) is 30.0. The molecule has 6 N–H and O–H groups in total. The number of methoxy groups -OCH3 is 1. The van der Waals surface area contributed by atoms with Gasteiger partial charge in [0.2, 0.25) is 0 Å². The summed E-state index contributed by atoms with van der Waals surface area (Å²) in [4.78, 5) is 11.8. The fraction of sp³-hybridized carbons (Fsp3) is 0.806. The molecule has 0 aromatic carbocycles. The minimum absolute atomic E-state index is 0.000295. The van der Waals surface area contributed by atoms with Gasteiger partial charge in [-0.15, -0.1) is 0 Å². The average molecular weight is 657 g/mol. The van der Waals surface area contributed by atoms with E-state index in [1.165, 1.54) is 7.11 Å². The van der Waals surface area contributed by atoms with Crippen LogP contribution in [-0.2, 0) is 19.0 Å². The Labute approximate surface area is 277 Å². The number of carbonyl (C=O) groups excluding carboxylic acids is 1. The van der Waals surface area contributed by atoms with Crippen molar-refractivity contribution in [2.45, 2.75) is 138 Å². The molecule has 0 saturated carbocycles. The first-order chi connectivity index (χ1) is 21.4. The molecule has 0 aromatic rings. The lowest BCUT2D eigenvalue weighted by Crippen LogP contribution is -2.60. The summed E-state index contributed by atoms with van der Waals surface area (Å²) in [6.45, 7) is 19.1. The number of hydrogen-bond donors (Lipinski definition) is 6. The maximum atomic E-state index is 11.8. The lowest BCUT2D eigenvalue weighted by atomic mass is 9.82. The molecule has 268 valence electrons. The number of ether oxygens (including phenoxy) is 3. The highest BCUT2D eigenvalue weighted by atomic mass is 16.7. The Balaban J connectivity index is 3.23. The molecule has 11 unspecified atom stereocenters. The van der Waals surface area contributed by atoms with Crippen LogP contribution in [0.2, 0.25) is 0 Å². The van der Waals surface area contributed by atoms with E-state index in [9.17, 15) is 35.4 Å². The Morgan fingerprint density at radius 1 is 0.783 bits per heavy atom. The lowest BCUT2D eigenvalue weighted by molar-refractivity contribution is -0.317. The lowest BCUT2D eigenvalue weighted by Gasteiger charge is -2.42. The summed E-state index contributed by atoms with van der Waals surface area (Å²) in [5, 5.41) is 63.2. The fourth-order valence-corrected chi connectivity index (χ4v) is 6.59. The quantitative estimate of drug-likeness (QED) is 0.0724. The topological polar surface area (TPSA) is 166 Å². The third-order valence-corrected chi connectivity index (χ3v) is 9.50. The van der Waals surface area contributed by atoms with Gasteiger partial charge in [0, 0.05) is 23.3 Å². The molecule has 0 spiro atoms. The van der Waals surface area contributed by atoms with E-state index >= 15 is 0 Å². The number of rotatable bonds is 18. The number of hydrogen-bond acceptors (Lipinski definition) is 10. The van der Waals surface area contributed by atoms with Crippen LogP contribution in [0.3, 0.4) is 0 Å². The van der Waals surface area contributed by atoms with Crippen LogP contribution in [0.15, 0.2) is 34.9 Å². The second-order valence-corrected chi connectivity index (χ2v) is 14.0. The van der Waals surface area contributed by atoms with Crippen molar-refractivity contribution in [3.8, 4) is 0 Å². The number of aliphatic hydroxyl groups excluding tert-OH is 6. The zero-order valence-corrected chi connectivity index (χ0v) is 30.0. The average Bonchev–Trinajstić information content (AvgIpc) is 3.01. The second kappa shape index (κ2) is 20.0. The highest BCUT2D eigenvalue weighted by molar-refractivity contribution is 5.87. The molecule has 10 nitrogen and oxygen atoms in total. The van der Waals surface area contributed by atoms with E-state index in [1.807, 2.05) is 39.8 Å². The maximum Gasteiger partial charge on any atom is 0.333 e. The SMILES string of the molecule is CCC(C)CC(C)CC(C)C(O[C@@H]1OC(CO)[C@@H](O)[C@H](O)C1O)C(C)C=C(C)C(O)C(C)C=C(C)C(O)C(C)C=C(C)C(=O)OC. The molecular formula is C36H64O10. The van der Waals surface area contributed by atoms with Crippen LogP contribution in [-0.4, -0.2) is 99.3 Å². The Morgan fingerprint density at radius 2 is 1.30 bits per heavy atom. The van der Waals surface area contributed by atoms with Crippen molar-refractivity contribution in [1.29, 1.82) is 0 Å². The number of esters is 1. The third-order valence-electron chi connectivity index (χ3n) is 9.50. The van der Waals surface area contributed by atoms with E-state index in [1.54, 1.807) is 19.9 Å². The van der Waals surface area contributed by atoms with E-state index < -0.39 is 61.6 Å². The molecule has 1 aliphatic rings. The van der Waals surface area contributed by atoms with Crippen LogP contribution in [0.5, 0.6) is 0 Å². The highest BCUT2D eigenvalue weighted by Crippen LogP contribution is 2.33. The third kappa shape index (κ3) is 12.4. The summed E-state index contributed by atoms with van der Waals surface area (Å²) in [6, 6.07) is 0. The smallest absolute Gasteiger partial charge is 0.333 e. The largest absolute Gasteiger partial charge is 0.466 e. The monoisotopic (exact) mass is 656 g/mol. The van der Waals surface area contributed by atoms with E-state index in [4.69, 9.17) is 14.2 Å². The summed E-state index contributed by atoms with van der Waals surface area (Å²) in [7, 11) is 1.31. The van der Waals surface area contributed by atoms with Gasteiger partial charge >= 0.3 is 5.97 Å². The first-order valence-corrected chi connectivity index (χ1v) is 16.8. The van der Waals surface area contributed by atoms with Crippen LogP contribution in [0.25, 0.3) is 0 Å². The van der Waals surface area contributed by atoms with Crippen LogP contribution < -0.4 is 0 Å². The molecule has 1 rings (SSSR count). The Kier molecular flexibility index (Phi) is 18.4. The molecule has 0 amide bonds. The Hall–Kier alpha value is -1.63. The standard InChI is InChI=1S/C36H64O10/c1-12-19(2)13-20(3)14-25(8)34(46-36-33(42)32(41)31(40)28(18-37)45-36)26(9)16-23(6)29(38)21(4)15-22(5)30(39)24(7)17-27(10)35(43)44-11/h15-17,19-21,24-26,28-34,36-42H,12-14,18H2,1-11H3/t19?,20?,21?,24?,25?,26?,28?,29?,30?,31-,32+,33?,34?,36+/m1/s1. The van der Waals surface area contributed by atoms with Crippen LogP contribution in [0, 0.1) is 35.5 Å². The number of carbonyl (C=O) groups is 1. The van der Waals surface area contributed by atoms with Crippen molar-refractivity contribution in [2.24, 2.45) is 35.5 Å². The van der Waals surface area contributed by atoms with Crippen molar-refractivity contribution >= 4 is 5.97 Å². The highest BCUT2D eigenvalue weighted by Gasteiger charge is 2.45. The van der Waals surface area contributed by atoms with E-state index in [2.05, 4.69) is 27.7 Å². The molecule has 0 aliphatic carbocycles. The molecule has 10 heteroatoms. The minimum atomic E-state index is -1.54. The predicted octanol–water partition coefficient (Wildman–Crippen LogP) is 3.91. The Bertz CT molecular complexity index is 1010. The second-order valence-electron chi connectivity index (χ2n) is 14.0. The molecule has 14 atom stereocenters. The van der Waals surface area contributed by atoms with Crippen LogP contribution >= 0.6 is 0 Å².